The molecule has 5 nitrogen and oxygen atoms in total. The maximum atomic E-state index is 12.5. The van der Waals surface area contributed by atoms with Crippen molar-refractivity contribution in [1.82, 2.24) is 9.88 Å². The minimum Gasteiger partial charge on any atom is -0.339 e. The van der Waals surface area contributed by atoms with Crippen LogP contribution in [0.4, 0.5) is 5.69 Å². The molecule has 2 amide bonds. The largest absolute Gasteiger partial charge is 0.339 e. The van der Waals surface area contributed by atoms with Crippen molar-refractivity contribution in [2.24, 2.45) is 0 Å². The number of carbonyl (C=O) groups excluding carboxylic acids is 2. The number of hydrogen-bond acceptors (Lipinski definition) is 4. The Hall–Kier alpha value is -2.34. The summed E-state index contributed by atoms with van der Waals surface area (Å²) in [5, 5.41) is 0.767. The van der Waals surface area contributed by atoms with E-state index in [2.05, 4.69) is 11.1 Å². The number of carbonyl (C=O) groups is 2. The molecule has 3 heterocycles. The van der Waals surface area contributed by atoms with Crippen molar-refractivity contribution in [2.45, 2.75) is 24.3 Å². The molecule has 2 aliphatic rings. The molecule has 1 aromatic carbocycles. The fourth-order valence-corrected chi connectivity index (χ4v) is 4.22. The molecule has 1 aromatic heterocycles. The highest BCUT2D eigenvalue weighted by atomic mass is 32.2. The quantitative estimate of drug-likeness (QED) is 0.780. The minimum atomic E-state index is 0.0521. The molecular formula is C20H21N3O2S. The van der Waals surface area contributed by atoms with Crippen molar-refractivity contribution in [1.29, 1.82) is 0 Å². The molecule has 0 aliphatic carbocycles. The van der Waals surface area contributed by atoms with Crippen molar-refractivity contribution >= 4 is 29.3 Å². The molecule has 0 atom stereocenters. The van der Waals surface area contributed by atoms with Gasteiger partial charge >= 0.3 is 0 Å². The second-order valence-electron chi connectivity index (χ2n) is 6.60. The van der Waals surface area contributed by atoms with Crippen LogP contribution in [-0.2, 0) is 11.2 Å². The first-order valence-electron chi connectivity index (χ1n) is 8.99. The van der Waals surface area contributed by atoms with Gasteiger partial charge in [-0.25, -0.2) is 4.98 Å². The minimum absolute atomic E-state index is 0.0521. The first-order chi connectivity index (χ1) is 12.7. The van der Waals surface area contributed by atoms with E-state index < -0.39 is 0 Å². The van der Waals surface area contributed by atoms with Gasteiger partial charge in [0.1, 0.15) is 0 Å². The Kier molecular flexibility index (Phi) is 4.93. The number of pyridine rings is 1. The normalized spacial score (nSPS) is 16.0. The average Bonchev–Trinajstić information content (AvgIpc) is 3.36. The van der Waals surface area contributed by atoms with Gasteiger partial charge in [-0.2, -0.15) is 0 Å². The molecule has 4 rings (SSSR count). The van der Waals surface area contributed by atoms with Crippen LogP contribution in [0.1, 0.15) is 28.8 Å². The predicted octanol–water partition coefficient (Wildman–Crippen LogP) is 3.00. The molecule has 0 unspecified atom stereocenters. The molecule has 0 radical (unpaired) electrons. The zero-order valence-corrected chi connectivity index (χ0v) is 15.4. The summed E-state index contributed by atoms with van der Waals surface area (Å²) in [6.07, 6.45) is 4.69. The summed E-state index contributed by atoms with van der Waals surface area (Å²) in [4.78, 5) is 33.0. The fraction of sp³-hybridized carbons (Fsp3) is 0.350. The van der Waals surface area contributed by atoms with Crippen molar-refractivity contribution in [3.8, 4) is 0 Å². The van der Waals surface area contributed by atoms with Gasteiger partial charge in [-0.05, 0) is 43.0 Å². The van der Waals surface area contributed by atoms with Crippen LogP contribution in [0, 0.1) is 0 Å². The first-order valence-corrected chi connectivity index (χ1v) is 9.97. The Labute approximate surface area is 157 Å². The van der Waals surface area contributed by atoms with Crippen LogP contribution in [0.3, 0.4) is 0 Å². The summed E-state index contributed by atoms with van der Waals surface area (Å²) in [6, 6.07) is 11.7. The highest BCUT2D eigenvalue weighted by Crippen LogP contribution is 2.28. The number of hydrogen-bond donors (Lipinski definition) is 0. The molecule has 0 N–H and O–H groups in total. The number of benzene rings is 1. The van der Waals surface area contributed by atoms with Gasteiger partial charge in [0.05, 0.1) is 16.3 Å². The summed E-state index contributed by atoms with van der Waals surface area (Å²) < 4.78 is 0. The molecule has 2 aromatic rings. The standard InChI is InChI=1S/C20H21N3O2S/c24-19(23-12-9-15-5-1-2-6-17(15)23)14-26-18-8-7-16(13-21-18)20(25)22-10-3-4-11-22/h1-2,5-8,13H,3-4,9-12,14H2. The summed E-state index contributed by atoms with van der Waals surface area (Å²) in [5.74, 6) is 0.496. The van der Waals surface area contributed by atoms with E-state index in [1.54, 1.807) is 6.20 Å². The van der Waals surface area contributed by atoms with Gasteiger partial charge in [-0.3, -0.25) is 9.59 Å². The number of nitrogens with zero attached hydrogens (tertiary/aromatic N) is 3. The van der Waals surface area contributed by atoms with E-state index in [-0.39, 0.29) is 11.8 Å². The summed E-state index contributed by atoms with van der Waals surface area (Å²) in [5.41, 5.74) is 2.88. The maximum absolute atomic E-state index is 12.5. The highest BCUT2D eigenvalue weighted by molar-refractivity contribution is 7.99. The number of anilines is 1. The summed E-state index contributed by atoms with van der Waals surface area (Å²) in [6.45, 7) is 2.41. The number of fused-ring (bicyclic) bond motifs is 1. The number of rotatable bonds is 4. The number of aromatic nitrogens is 1. The second-order valence-corrected chi connectivity index (χ2v) is 7.59. The Morgan fingerprint density at radius 1 is 1.04 bits per heavy atom. The zero-order valence-electron chi connectivity index (χ0n) is 14.6. The van der Waals surface area contributed by atoms with Crippen molar-refractivity contribution in [3.63, 3.8) is 0 Å². The van der Waals surface area contributed by atoms with Gasteiger partial charge in [0, 0.05) is 31.5 Å². The van der Waals surface area contributed by atoms with E-state index in [0.717, 1.165) is 49.6 Å². The van der Waals surface area contributed by atoms with Crippen LogP contribution in [0.2, 0.25) is 0 Å². The Balaban J connectivity index is 1.35. The van der Waals surface area contributed by atoms with E-state index in [1.807, 2.05) is 40.1 Å². The van der Waals surface area contributed by atoms with Gasteiger partial charge in [0.25, 0.3) is 5.91 Å². The maximum Gasteiger partial charge on any atom is 0.255 e. The van der Waals surface area contributed by atoms with Crippen LogP contribution in [0.25, 0.3) is 0 Å². The van der Waals surface area contributed by atoms with Gasteiger partial charge < -0.3 is 9.80 Å². The van der Waals surface area contributed by atoms with Crippen LogP contribution in [0.15, 0.2) is 47.6 Å². The molecule has 1 saturated heterocycles. The van der Waals surface area contributed by atoms with Crippen molar-refractivity contribution in [3.05, 3.63) is 53.7 Å². The number of para-hydroxylation sites is 1. The molecule has 134 valence electrons. The molecule has 0 spiro atoms. The molecular weight excluding hydrogens is 346 g/mol. The molecule has 1 fully saturated rings. The van der Waals surface area contributed by atoms with Crippen LogP contribution in [-0.4, -0.2) is 47.1 Å². The van der Waals surface area contributed by atoms with Crippen molar-refractivity contribution < 1.29 is 9.59 Å². The lowest BCUT2D eigenvalue weighted by molar-refractivity contribution is -0.116. The number of thioether (sulfide) groups is 1. The Bertz CT molecular complexity index is 816. The molecule has 6 heteroatoms. The average molecular weight is 367 g/mol. The lowest BCUT2D eigenvalue weighted by Crippen LogP contribution is -2.30. The van der Waals surface area contributed by atoms with E-state index >= 15 is 0 Å². The van der Waals surface area contributed by atoms with Gasteiger partial charge in [0.15, 0.2) is 0 Å². The van der Waals surface area contributed by atoms with E-state index in [9.17, 15) is 9.59 Å². The SMILES string of the molecule is O=C(c1ccc(SCC(=O)N2CCc3ccccc32)nc1)N1CCCC1. The van der Waals surface area contributed by atoms with Crippen LogP contribution < -0.4 is 4.90 Å². The summed E-state index contributed by atoms with van der Waals surface area (Å²) >= 11 is 1.42. The Morgan fingerprint density at radius 3 is 2.62 bits per heavy atom. The third-order valence-electron chi connectivity index (χ3n) is 4.91. The third-order valence-corrected chi connectivity index (χ3v) is 5.84. The first kappa shape index (κ1) is 17.1. The van der Waals surface area contributed by atoms with E-state index in [1.165, 1.54) is 17.3 Å². The predicted molar refractivity (Wildman–Crippen MR) is 103 cm³/mol. The fourth-order valence-electron chi connectivity index (χ4n) is 3.51. The molecule has 0 bridgehead atoms. The van der Waals surface area contributed by atoms with Crippen LogP contribution >= 0.6 is 11.8 Å². The second kappa shape index (κ2) is 7.50. The lowest BCUT2D eigenvalue weighted by Gasteiger charge is -2.17. The van der Waals surface area contributed by atoms with Crippen molar-refractivity contribution in [2.75, 3.05) is 30.3 Å². The van der Waals surface area contributed by atoms with Crippen LogP contribution in [0.5, 0.6) is 0 Å². The van der Waals surface area contributed by atoms with Gasteiger partial charge in [-0.1, -0.05) is 30.0 Å². The van der Waals surface area contributed by atoms with Gasteiger partial charge in [0.2, 0.25) is 5.91 Å². The number of amides is 2. The topological polar surface area (TPSA) is 53.5 Å². The third kappa shape index (κ3) is 3.46. The highest BCUT2D eigenvalue weighted by Gasteiger charge is 2.24. The molecule has 2 aliphatic heterocycles. The van der Waals surface area contributed by atoms with Gasteiger partial charge in [-0.15, -0.1) is 0 Å². The number of likely N-dealkylation sites (tertiary alicyclic amines) is 1. The smallest absolute Gasteiger partial charge is 0.255 e. The van der Waals surface area contributed by atoms with E-state index in [0.29, 0.717) is 11.3 Å². The zero-order chi connectivity index (χ0) is 17.9. The lowest BCUT2D eigenvalue weighted by atomic mass is 10.2. The summed E-state index contributed by atoms with van der Waals surface area (Å²) in [7, 11) is 0. The van der Waals surface area contributed by atoms with E-state index in [4.69, 9.17) is 0 Å². The monoisotopic (exact) mass is 367 g/mol. The molecule has 0 saturated carbocycles. The molecule has 26 heavy (non-hydrogen) atoms. The Morgan fingerprint density at radius 2 is 1.85 bits per heavy atom.